The summed E-state index contributed by atoms with van der Waals surface area (Å²) in [5.41, 5.74) is 4.84. The van der Waals surface area contributed by atoms with Crippen molar-refractivity contribution in [3.63, 3.8) is 0 Å². The lowest BCUT2D eigenvalue weighted by Crippen LogP contribution is -2.44. The molecule has 1 aromatic carbocycles. The van der Waals surface area contributed by atoms with E-state index in [-0.39, 0.29) is 46.0 Å². The van der Waals surface area contributed by atoms with Gasteiger partial charge in [-0.25, -0.2) is 9.18 Å². The van der Waals surface area contributed by atoms with Gasteiger partial charge in [0, 0.05) is 19.1 Å². The Morgan fingerprint density at radius 1 is 1.27 bits per heavy atom. The Morgan fingerprint density at radius 2 is 1.96 bits per heavy atom. The zero-order valence-corrected chi connectivity index (χ0v) is 15.5. The van der Waals surface area contributed by atoms with E-state index in [9.17, 15) is 14.0 Å². The minimum absolute atomic E-state index is 0. The third kappa shape index (κ3) is 2.76. The molecule has 0 bridgehead atoms. The van der Waals surface area contributed by atoms with Gasteiger partial charge in [-0.2, -0.15) is 4.68 Å². The number of anilines is 1. The first-order valence-corrected chi connectivity index (χ1v) is 8.71. The van der Waals surface area contributed by atoms with Gasteiger partial charge in [0.25, 0.3) is 5.56 Å². The molecule has 1 saturated heterocycles. The molecule has 1 saturated carbocycles. The molecule has 1 atom stereocenters. The summed E-state index contributed by atoms with van der Waals surface area (Å²) in [4.78, 5) is 26.7. The second-order valence-electron chi connectivity index (χ2n) is 6.81. The van der Waals surface area contributed by atoms with Gasteiger partial charge >= 0.3 is 5.69 Å². The lowest BCUT2D eigenvalue weighted by molar-refractivity contribution is 0.597. The highest BCUT2D eigenvalue weighted by atomic mass is 35.5. The summed E-state index contributed by atoms with van der Waals surface area (Å²) >= 11 is 6.53. The molecule has 2 fully saturated rings. The molecule has 10 heteroatoms. The van der Waals surface area contributed by atoms with Crippen LogP contribution in [-0.4, -0.2) is 28.9 Å². The largest absolute Gasteiger partial charge is 0.368 e. The molecule has 2 heterocycles. The number of hydrogen-bond acceptors (Lipinski definition) is 5. The first-order chi connectivity index (χ1) is 11.9. The van der Waals surface area contributed by atoms with Crippen LogP contribution in [0, 0.1) is 11.7 Å². The van der Waals surface area contributed by atoms with Crippen molar-refractivity contribution < 1.29 is 4.39 Å². The SMILES string of the molecule is Cl.NCC1CCN(c2c(F)cc3c(=O)n(N)c(=O)n(C4CC4)c3c2Cl)C1. The predicted octanol–water partition coefficient (Wildman–Crippen LogP) is 1.21. The normalized spacial score (nSPS) is 19.8. The molecule has 0 spiro atoms. The molecule has 0 amide bonds. The molecule has 142 valence electrons. The molecule has 4 N–H and O–H groups in total. The van der Waals surface area contributed by atoms with E-state index < -0.39 is 17.1 Å². The van der Waals surface area contributed by atoms with Crippen LogP contribution in [0.2, 0.25) is 5.02 Å². The second kappa shape index (κ2) is 6.75. The third-order valence-electron chi connectivity index (χ3n) is 5.12. The van der Waals surface area contributed by atoms with Crippen LogP contribution in [0.3, 0.4) is 0 Å². The summed E-state index contributed by atoms with van der Waals surface area (Å²) in [5, 5.41) is 0.115. The van der Waals surface area contributed by atoms with Gasteiger partial charge in [-0.15, -0.1) is 12.4 Å². The summed E-state index contributed by atoms with van der Waals surface area (Å²) in [7, 11) is 0. The Morgan fingerprint density at radius 3 is 2.54 bits per heavy atom. The highest BCUT2D eigenvalue weighted by Crippen LogP contribution is 2.41. The quantitative estimate of drug-likeness (QED) is 0.750. The van der Waals surface area contributed by atoms with Gasteiger partial charge in [-0.1, -0.05) is 11.6 Å². The molecule has 1 unspecified atom stereocenters. The van der Waals surface area contributed by atoms with E-state index in [0.29, 0.717) is 24.3 Å². The van der Waals surface area contributed by atoms with Crippen LogP contribution in [0.25, 0.3) is 10.9 Å². The van der Waals surface area contributed by atoms with Crippen molar-refractivity contribution in [2.75, 3.05) is 30.4 Å². The smallest absolute Gasteiger partial charge is 0.350 e. The first-order valence-electron chi connectivity index (χ1n) is 8.33. The van der Waals surface area contributed by atoms with E-state index in [2.05, 4.69) is 0 Å². The van der Waals surface area contributed by atoms with Gasteiger partial charge in [0.2, 0.25) is 0 Å². The lowest BCUT2D eigenvalue weighted by atomic mass is 10.1. The first kappa shape index (κ1) is 19.0. The molecule has 1 aliphatic carbocycles. The molecule has 2 aliphatic rings. The van der Waals surface area contributed by atoms with Gasteiger partial charge in [-0.3, -0.25) is 9.36 Å². The Balaban J connectivity index is 0.00000196. The highest BCUT2D eigenvalue weighted by Gasteiger charge is 2.32. The molecule has 7 nitrogen and oxygen atoms in total. The number of nitrogens with zero attached hydrogens (tertiary/aromatic N) is 3. The molecular weight excluding hydrogens is 384 g/mol. The fraction of sp³-hybridized carbons (Fsp3) is 0.500. The minimum atomic E-state index is -0.745. The van der Waals surface area contributed by atoms with Crippen LogP contribution < -0.4 is 27.7 Å². The summed E-state index contributed by atoms with van der Waals surface area (Å²) in [6.45, 7) is 1.75. The number of aromatic nitrogens is 2. The summed E-state index contributed by atoms with van der Waals surface area (Å²) in [6, 6.07) is 1.08. The van der Waals surface area contributed by atoms with Gasteiger partial charge in [0.1, 0.15) is 5.82 Å². The van der Waals surface area contributed by atoms with Gasteiger partial charge in [-0.05, 0) is 37.8 Å². The van der Waals surface area contributed by atoms with Gasteiger partial charge < -0.3 is 16.5 Å². The average molecular weight is 404 g/mol. The maximum Gasteiger partial charge on any atom is 0.350 e. The van der Waals surface area contributed by atoms with Crippen LogP contribution in [0.4, 0.5) is 10.1 Å². The number of halogens is 3. The summed E-state index contributed by atoms with van der Waals surface area (Å²) in [6.07, 6.45) is 2.45. The molecule has 1 aromatic heterocycles. The lowest BCUT2D eigenvalue weighted by Gasteiger charge is -2.23. The number of rotatable bonds is 3. The van der Waals surface area contributed by atoms with Crippen molar-refractivity contribution in [1.29, 1.82) is 0 Å². The summed E-state index contributed by atoms with van der Waals surface area (Å²) < 4.78 is 16.7. The highest BCUT2D eigenvalue weighted by molar-refractivity contribution is 6.38. The standard InChI is InChI=1S/C16H19ClFN5O2.ClH/c17-12-13-10(15(24)23(20)16(25)22(13)9-1-2-9)5-11(18)14(12)21-4-3-8(6-19)7-21;/h5,8-9H,1-4,6-7,19-20H2;1H. The van der Waals surface area contributed by atoms with Crippen LogP contribution in [0.1, 0.15) is 25.3 Å². The number of nitrogen functional groups attached to an aromatic ring is 1. The van der Waals surface area contributed by atoms with Gasteiger partial charge in [0.05, 0.1) is 21.6 Å². The van der Waals surface area contributed by atoms with E-state index in [4.69, 9.17) is 23.2 Å². The fourth-order valence-corrected chi connectivity index (χ4v) is 4.02. The monoisotopic (exact) mass is 403 g/mol. The molecule has 2 aromatic rings. The van der Waals surface area contributed by atoms with Crippen molar-refractivity contribution in [2.45, 2.75) is 25.3 Å². The van der Waals surface area contributed by atoms with Crippen LogP contribution >= 0.6 is 24.0 Å². The maximum atomic E-state index is 14.8. The minimum Gasteiger partial charge on any atom is -0.368 e. The average Bonchev–Trinajstić information content (AvgIpc) is 3.31. The van der Waals surface area contributed by atoms with E-state index in [1.165, 1.54) is 4.57 Å². The van der Waals surface area contributed by atoms with E-state index >= 15 is 0 Å². The number of nitrogens with two attached hydrogens (primary N) is 2. The number of benzene rings is 1. The molecule has 4 rings (SSSR count). The Kier molecular flexibility index (Phi) is 4.94. The van der Waals surface area contributed by atoms with Crippen LogP contribution in [0.5, 0.6) is 0 Å². The second-order valence-corrected chi connectivity index (χ2v) is 7.19. The van der Waals surface area contributed by atoms with E-state index in [0.717, 1.165) is 25.3 Å². The fourth-order valence-electron chi connectivity index (χ4n) is 3.62. The molecule has 0 radical (unpaired) electrons. The van der Waals surface area contributed by atoms with Crippen molar-refractivity contribution >= 4 is 40.6 Å². The predicted molar refractivity (Wildman–Crippen MR) is 102 cm³/mol. The Bertz CT molecular complexity index is 985. The maximum absolute atomic E-state index is 14.8. The van der Waals surface area contributed by atoms with Crippen molar-refractivity contribution in [2.24, 2.45) is 11.7 Å². The summed E-state index contributed by atoms with van der Waals surface area (Å²) in [5.74, 6) is 5.27. The van der Waals surface area contributed by atoms with Crippen molar-refractivity contribution in [1.82, 2.24) is 9.24 Å². The molecular formula is C16H20Cl2FN5O2. The number of fused-ring (bicyclic) bond motifs is 1. The van der Waals surface area contributed by atoms with Gasteiger partial charge in [0.15, 0.2) is 0 Å². The van der Waals surface area contributed by atoms with Crippen molar-refractivity contribution in [3.8, 4) is 0 Å². The Hall–Kier alpha value is -1.77. The third-order valence-corrected chi connectivity index (χ3v) is 5.48. The topological polar surface area (TPSA) is 99.3 Å². The molecule has 1 aliphatic heterocycles. The van der Waals surface area contributed by atoms with Crippen LogP contribution in [-0.2, 0) is 0 Å². The Labute approximate surface area is 159 Å². The zero-order chi connectivity index (χ0) is 17.9. The van der Waals surface area contributed by atoms with E-state index in [1.54, 1.807) is 0 Å². The molecule has 26 heavy (non-hydrogen) atoms. The van der Waals surface area contributed by atoms with Crippen molar-refractivity contribution in [3.05, 3.63) is 37.7 Å². The van der Waals surface area contributed by atoms with E-state index in [1.807, 2.05) is 4.90 Å². The van der Waals surface area contributed by atoms with Crippen LogP contribution in [0.15, 0.2) is 15.7 Å². The zero-order valence-electron chi connectivity index (χ0n) is 14.0. The number of hydrogen-bond donors (Lipinski definition) is 2.